The summed E-state index contributed by atoms with van der Waals surface area (Å²) in [5.41, 5.74) is -0.175. The minimum absolute atomic E-state index is 0.0640. The zero-order chi connectivity index (χ0) is 9.84. The van der Waals surface area contributed by atoms with Gasteiger partial charge in [0.05, 0.1) is 0 Å². The third-order valence-electron chi connectivity index (χ3n) is 1.71. The number of nitrogens with zero attached hydrogens (tertiary/aromatic N) is 2. The Morgan fingerprint density at radius 2 is 2.38 bits per heavy atom. The fourth-order valence-electron chi connectivity index (χ4n) is 1.09. The molecule has 0 aliphatic carbocycles. The second kappa shape index (κ2) is 4.39. The first-order valence-corrected chi connectivity index (χ1v) is 4.38. The molecule has 0 radical (unpaired) electrons. The van der Waals surface area contributed by atoms with Gasteiger partial charge >= 0.3 is 0 Å². The molecular weight excluding hydrogens is 192 g/mol. The van der Waals surface area contributed by atoms with Crippen LogP contribution >= 0.6 is 11.6 Å². The fourth-order valence-corrected chi connectivity index (χ4v) is 1.30. The highest BCUT2D eigenvalue weighted by Crippen LogP contribution is 2.01. The Morgan fingerprint density at radius 3 is 2.92 bits per heavy atom. The predicted octanol–water partition coefficient (Wildman–Crippen LogP) is 0.588. The lowest BCUT2D eigenvalue weighted by molar-refractivity contribution is 0.278. The summed E-state index contributed by atoms with van der Waals surface area (Å²) in [5.74, 6) is 0.575. The lowest BCUT2D eigenvalue weighted by atomic mass is 10.4. The minimum atomic E-state index is -0.175. The summed E-state index contributed by atoms with van der Waals surface area (Å²) in [6.45, 7) is 2.25. The van der Waals surface area contributed by atoms with Crippen molar-refractivity contribution in [3.63, 3.8) is 0 Å². The molecule has 0 atom stereocenters. The first-order chi connectivity index (χ1) is 6.15. The van der Waals surface area contributed by atoms with Gasteiger partial charge in [-0.2, -0.15) is 0 Å². The molecule has 4 nitrogen and oxygen atoms in total. The van der Waals surface area contributed by atoms with E-state index in [1.54, 1.807) is 6.92 Å². The zero-order valence-corrected chi connectivity index (χ0v) is 8.08. The lowest BCUT2D eigenvalue weighted by Crippen LogP contribution is -2.23. The number of aliphatic hydroxyl groups is 1. The number of rotatable bonds is 3. The van der Waals surface area contributed by atoms with Gasteiger partial charge in [0.2, 0.25) is 0 Å². The van der Waals surface area contributed by atoms with Crippen LogP contribution in [0.4, 0.5) is 0 Å². The van der Waals surface area contributed by atoms with Crippen molar-refractivity contribution in [3.8, 4) is 0 Å². The number of aliphatic hydroxyl groups excluding tert-OH is 1. The van der Waals surface area contributed by atoms with Crippen molar-refractivity contribution < 1.29 is 5.11 Å². The van der Waals surface area contributed by atoms with Gasteiger partial charge in [0.1, 0.15) is 11.0 Å². The Balaban J connectivity index is 2.99. The van der Waals surface area contributed by atoms with Crippen LogP contribution in [-0.4, -0.2) is 21.3 Å². The van der Waals surface area contributed by atoms with E-state index in [1.165, 1.54) is 10.6 Å². The van der Waals surface area contributed by atoms with Crippen molar-refractivity contribution in [2.24, 2.45) is 0 Å². The highest BCUT2D eigenvalue weighted by atomic mass is 35.5. The van der Waals surface area contributed by atoms with Gasteiger partial charge in [-0.05, 0) is 13.3 Å². The van der Waals surface area contributed by atoms with Gasteiger partial charge in [-0.3, -0.25) is 9.36 Å². The SMILES string of the molecule is Cc1nc(Cl)cc(=O)n1CCCO. The first-order valence-electron chi connectivity index (χ1n) is 4.00. The van der Waals surface area contributed by atoms with E-state index in [2.05, 4.69) is 4.98 Å². The van der Waals surface area contributed by atoms with Gasteiger partial charge < -0.3 is 5.11 Å². The quantitative estimate of drug-likeness (QED) is 0.730. The Hall–Kier alpha value is -0.870. The zero-order valence-electron chi connectivity index (χ0n) is 7.33. The van der Waals surface area contributed by atoms with E-state index in [0.29, 0.717) is 18.8 Å². The third kappa shape index (κ3) is 2.54. The van der Waals surface area contributed by atoms with E-state index in [-0.39, 0.29) is 17.3 Å². The second-order valence-corrected chi connectivity index (χ2v) is 3.08. The van der Waals surface area contributed by atoms with E-state index in [9.17, 15) is 4.79 Å². The molecule has 0 fully saturated rings. The number of aryl methyl sites for hydroxylation is 1. The van der Waals surface area contributed by atoms with E-state index in [1.807, 2.05) is 0 Å². The number of aromatic nitrogens is 2. The topological polar surface area (TPSA) is 55.1 Å². The molecule has 0 aromatic carbocycles. The summed E-state index contributed by atoms with van der Waals surface area (Å²) in [6.07, 6.45) is 0.546. The number of hydrogen-bond donors (Lipinski definition) is 1. The van der Waals surface area contributed by atoms with E-state index in [4.69, 9.17) is 16.7 Å². The molecule has 0 bridgehead atoms. The van der Waals surface area contributed by atoms with Crippen LogP contribution < -0.4 is 5.56 Å². The molecule has 0 spiro atoms. The summed E-state index contributed by atoms with van der Waals surface area (Å²) < 4.78 is 1.49. The van der Waals surface area contributed by atoms with Crippen molar-refractivity contribution >= 4 is 11.6 Å². The van der Waals surface area contributed by atoms with Crippen LogP contribution in [0.1, 0.15) is 12.2 Å². The largest absolute Gasteiger partial charge is 0.396 e. The van der Waals surface area contributed by atoms with Gasteiger partial charge in [-0.25, -0.2) is 4.98 Å². The van der Waals surface area contributed by atoms with E-state index < -0.39 is 0 Å². The van der Waals surface area contributed by atoms with Gasteiger partial charge in [-0.15, -0.1) is 0 Å². The van der Waals surface area contributed by atoms with Crippen LogP contribution in [-0.2, 0) is 6.54 Å². The molecule has 1 N–H and O–H groups in total. The highest BCUT2D eigenvalue weighted by Gasteiger charge is 2.02. The molecule has 0 aliphatic heterocycles. The van der Waals surface area contributed by atoms with E-state index >= 15 is 0 Å². The van der Waals surface area contributed by atoms with Crippen LogP contribution in [0.5, 0.6) is 0 Å². The maximum atomic E-state index is 11.3. The monoisotopic (exact) mass is 202 g/mol. The maximum absolute atomic E-state index is 11.3. The molecule has 5 heteroatoms. The van der Waals surface area contributed by atoms with Crippen LogP contribution in [0.25, 0.3) is 0 Å². The van der Waals surface area contributed by atoms with Gasteiger partial charge in [0.25, 0.3) is 5.56 Å². The number of halogens is 1. The molecule has 0 saturated heterocycles. The average Bonchev–Trinajstić information content (AvgIpc) is 2.02. The molecular formula is C8H11ClN2O2. The van der Waals surface area contributed by atoms with Crippen LogP contribution in [0, 0.1) is 6.92 Å². The maximum Gasteiger partial charge on any atom is 0.254 e. The molecule has 0 amide bonds. The average molecular weight is 203 g/mol. The smallest absolute Gasteiger partial charge is 0.254 e. The molecule has 1 aromatic heterocycles. The predicted molar refractivity (Wildman–Crippen MR) is 49.9 cm³/mol. The van der Waals surface area contributed by atoms with Crippen molar-refractivity contribution in [3.05, 3.63) is 27.4 Å². The lowest BCUT2D eigenvalue weighted by Gasteiger charge is -2.07. The normalized spacial score (nSPS) is 10.4. The molecule has 0 aliphatic rings. The Kier molecular flexibility index (Phi) is 3.45. The first kappa shape index (κ1) is 10.2. The molecule has 1 rings (SSSR count). The Labute approximate surface area is 80.8 Å². The summed E-state index contributed by atoms with van der Waals surface area (Å²) in [5, 5.41) is 8.81. The van der Waals surface area contributed by atoms with E-state index in [0.717, 1.165) is 0 Å². The molecule has 0 saturated carbocycles. The van der Waals surface area contributed by atoms with Crippen molar-refractivity contribution in [1.82, 2.24) is 9.55 Å². The standard InChI is InChI=1S/C8H11ClN2O2/c1-6-10-7(9)5-8(13)11(6)3-2-4-12/h5,12H,2-4H2,1H3. The van der Waals surface area contributed by atoms with Crippen LogP contribution in [0.3, 0.4) is 0 Å². The molecule has 1 heterocycles. The summed E-state index contributed by atoms with van der Waals surface area (Å²) in [6, 6.07) is 1.27. The van der Waals surface area contributed by atoms with Crippen molar-refractivity contribution in [2.75, 3.05) is 6.61 Å². The Morgan fingerprint density at radius 1 is 1.69 bits per heavy atom. The molecule has 0 unspecified atom stereocenters. The van der Waals surface area contributed by atoms with Crippen molar-refractivity contribution in [2.45, 2.75) is 19.9 Å². The van der Waals surface area contributed by atoms with Crippen LogP contribution in [0.15, 0.2) is 10.9 Å². The summed E-state index contributed by atoms with van der Waals surface area (Å²) in [4.78, 5) is 15.3. The molecule has 13 heavy (non-hydrogen) atoms. The van der Waals surface area contributed by atoms with Gasteiger partial charge in [0, 0.05) is 19.2 Å². The molecule has 72 valence electrons. The fraction of sp³-hybridized carbons (Fsp3) is 0.500. The van der Waals surface area contributed by atoms with Gasteiger partial charge in [-0.1, -0.05) is 11.6 Å². The summed E-state index contributed by atoms with van der Waals surface area (Å²) >= 11 is 5.58. The number of hydrogen-bond acceptors (Lipinski definition) is 3. The summed E-state index contributed by atoms with van der Waals surface area (Å²) in [7, 11) is 0. The second-order valence-electron chi connectivity index (χ2n) is 2.69. The highest BCUT2D eigenvalue weighted by molar-refractivity contribution is 6.29. The minimum Gasteiger partial charge on any atom is -0.396 e. The van der Waals surface area contributed by atoms with Gasteiger partial charge in [0.15, 0.2) is 0 Å². The Bertz CT molecular complexity index is 348. The molecule has 1 aromatic rings. The van der Waals surface area contributed by atoms with Crippen molar-refractivity contribution in [1.29, 1.82) is 0 Å². The third-order valence-corrected chi connectivity index (χ3v) is 1.90. The van der Waals surface area contributed by atoms with Crippen LogP contribution in [0.2, 0.25) is 5.15 Å².